The molecule has 0 aromatic heterocycles. The fourth-order valence-electron chi connectivity index (χ4n) is 11.8. The first-order valence-electron chi connectivity index (χ1n) is 33.3. The van der Waals surface area contributed by atoms with Crippen LogP contribution < -0.4 is 71.2 Å². The first-order valence-corrected chi connectivity index (χ1v) is 33.3. The number of benzene rings is 1. The van der Waals surface area contributed by atoms with Crippen LogP contribution in [0.2, 0.25) is 0 Å². The third-order valence-corrected chi connectivity index (χ3v) is 17.8. The number of aliphatic hydroxyl groups is 1. The number of phenols is 1. The summed E-state index contributed by atoms with van der Waals surface area (Å²) in [4.78, 5) is 218. The van der Waals surface area contributed by atoms with Gasteiger partial charge in [-0.25, -0.2) is 4.79 Å². The Morgan fingerprint density at radius 1 is 0.495 bits per heavy atom. The van der Waals surface area contributed by atoms with E-state index in [2.05, 4.69) is 42.5 Å². The second-order valence-electron chi connectivity index (χ2n) is 25.2. The first kappa shape index (κ1) is 81.8. The summed E-state index contributed by atoms with van der Waals surface area (Å²) in [5.41, 5.74) is 27.9. The minimum atomic E-state index is -1.75. The number of hydrogen-bond donors (Lipinski definition) is 17. The summed E-state index contributed by atoms with van der Waals surface area (Å²) in [5.74, 6) is -17.0. The average molecular weight is 1400 g/mol. The molecule has 36 nitrogen and oxygen atoms in total. The summed E-state index contributed by atoms with van der Waals surface area (Å²) in [6, 6.07) is -11.9. The van der Waals surface area contributed by atoms with E-state index in [1.54, 1.807) is 27.7 Å². The Morgan fingerprint density at radius 2 is 0.929 bits per heavy atom. The van der Waals surface area contributed by atoms with Crippen molar-refractivity contribution in [3.8, 4) is 5.75 Å². The van der Waals surface area contributed by atoms with Crippen LogP contribution >= 0.6 is 0 Å². The number of amides is 14. The van der Waals surface area contributed by atoms with Crippen LogP contribution in [0.15, 0.2) is 24.3 Å². The van der Waals surface area contributed by atoms with E-state index in [4.69, 9.17) is 28.7 Å². The van der Waals surface area contributed by atoms with Crippen LogP contribution in [-0.4, -0.2) is 235 Å². The van der Waals surface area contributed by atoms with Crippen LogP contribution in [0.5, 0.6) is 5.75 Å². The third kappa shape index (κ3) is 24.7. The van der Waals surface area contributed by atoms with Crippen LogP contribution in [-0.2, 0) is 83.1 Å². The smallest absolute Gasteiger partial charge is 0.326 e. The molecule has 36 heteroatoms. The lowest BCUT2D eigenvalue weighted by atomic mass is 9.96. The zero-order valence-corrected chi connectivity index (χ0v) is 56.2. The largest absolute Gasteiger partial charge is 0.508 e. The van der Waals surface area contributed by atoms with Crippen molar-refractivity contribution in [3.63, 3.8) is 0 Å². The second kappa shape index (κ2) is 39.7. The van der Waals surface area contributed by atoms with Gasteiger partial charge in [-0.2, -0.15) is 0 Å². The number of rotatable bonds is 41. The minimum Gasteiger partial charge on any atom is -0.508 e. The molecule has 3 aliphatic heterocycles. The molecule has 0 unspecified atom stereocenters. The van der Waals surface area contributed by atoms with Gasteiger partial charge < -0.3 is 106 Å². The van der Waals surface area contributed by atoms with Gasteiger partial charge in [0.05, 0.1) is 25.5 Å². The number of carbonyl (C=O) groups is 16. The lowest BCUT2D eigenvalue weighted by molar-refractivity contribution is -0.146. The van der Waals surface area contributed by atoms with Gasteiger partial charge in [-0.15, -0.1) is 0 Å². The highest BCUT2D eigenvalue weighted by molar-refractivity contribution is 6.01. The van der Waals surface area contributed by atoms with E-state index in [0.717, 1.165) is 9.80 Å². The van der Waals surface area contributed by atoms with Crippen molar-refractivity contribution < 1.29 is 97.1 Å². The van der Waals surface area contributed by atoms with Crippen LogP contribution in [0, 0.1) is 11.8 Å². The molecular weight excluding hydrogens is 1300 g/mol. The van der Waals surface area contributed by atoms with Crippen molar-refractivity contribution in [2.45, 2.75) is 216 Å². The summed E-state index contributed by atoms with van der Waals surface area (Å²) < 4.78 is 0. The monoisotopic (exact) mass is 1400 g/mol. The van der Waals surface area contributed by atoms with Crippen LogP contribution in [0.1, 0.15) is 142 Å². The summed E-state index contributed by atoms with van der Waals surface area (Å²) in [7, 11) is 0. The molecule has 1 aromatic carbocycles. The lowest BCUT2D eigenvalue weighted by Gasteiger charge is -2.34. The number of unbranched alkanes of at least 4 members (excludes halogenated alkanes) is 1. The van der Waals surface area contributed by atoms with Gasteiger partial charge in [0.15, 0.2) is 0 Å². The molecule has 4 rings (SSSR count). The molecule has 1 aromatic rings. The molecule has 0 radical (unpaired) electrons. The van der Waals surface area contributed by atoms with Crippen molar-refractivity contribution in [2.24, 2.45) is 40.5 Å². The number of carboxylic acid groups (broad SMARTS) is 2. The zero-order chi connectivity index (χ0) is 74.0. The summed E-state index contributed by atoms with van der Waals surface area (Å²) in [6.07, 6.45) is -1.34. The van der Waals surface area contributed by atoms with Gasteiger partial charge in [0.2, 0.25) is 82.7 Å². The number of nitrogens with zero attached hydrogens (tertiary/aromatic N) is 3. The number of aliphatic hydroxyl groups excluding tert-OH is 1. The Bertz CT molecular complexity index is 3080. The van der Waals surface area contributed by atoms with E-state index in [0.29, 0.717) is 24.8 Å². The topological polar surface area (TPSA) is 590 Å². The molecule has 3 fully saturated rings. The van der Waals surface area contributed by atoms with Gasteiger partial charge >= 0.3 is 11.9 Å². The summed E-state index contributed by atoms with van der Waals surface area (Å²) in [6.45, 7) is 5.81. The molecule has 3 saturated heterocycles. The molecule has 3 heterocycles. The van der Waals surface area contributed by atoms with Crippen LogP contribution in [0.3, 0.4) is 0 Å². The number of hydrogen-bond acceptors (Lipinski definition) is 20. The van der Waals surface area contributed by atoms with Gasteiger partial charge in [-0.3, -0.25) is 71.9 Å². The van der Waals surface area contributed by atoms with Gasteiger partial charge in [-0.05, 0) is 107 Å². The number of carboxylic acids is 2. The van der Waals surface area contributed by atoms with Gasteiger partial charge in [0.1, 0.15) is 72.2 Å². The maximum absolute atomic E-state index is 14.9. The predicted octanol–water partition coefficient (Wildman–Crippen LogP) is -5.71. The lowest BCUT2D eigenvalue weighted by Crippen LogP contribution is -2.61. The number of aliphatic carboxylic acids is 2. The molecular formula is C63H98N16O20. The van der Waals surface area contributed by atoms with Gasteiger partial charge in [0.25, 0.3) is 0 Å². The first-order chi connectivity index (χ1) is 46.8. The standard InChI is InChI=1S/C63H98N16O20/c1-5-32(3)50(59(94)73-41(63(98)99)30-48(68)84)75-57(92)44-14-10-26-78(44)61(96)42(31-80)74-53(88)37(12-7-8-24-64)70-55(90)39(28-34-16-18-35(81)19-17-34)71-56(91)43-13-11-27-79(43)62(97)51(33(4)6-2)76-58(93)45-15-9-25-77(45)60(95)40(29-47(67)83)72-54(89)38(21-23-49(85)86)69-52(87)36(65)20-22-46(66)82/h16-19,32-33,36-45,50-51,80-81H,5-15,20-31,64-65H2,1-4H3,(H2,66,82)(H2,67,83)(H2,68,84)(H,69,87)(H,70,90)(H,71,91)(H,72,89)(H,73,94)(H,74,88)(H,75,92)(H,76,93)(H,85,86)(H,98,99)/t32-,33-,36-,37-,38-,39-,40-,41-,42-,43+,44-,45-,50-,51-/m0/s1. The third-order valence-electron chi connectivity index (χ3n) is 17.8. The number of nitrogens with one attached hydrogen (secondary N) is 8. The van der Waals surface area contributed by atoms with Crippen molar-refractivity contribution in [1.82, 2.24) is 57.2 Å². The molecule has 550 valence electrons. The van der Waals surface area contributed by atoms with E-state index < -0.39 is 211 Å². The Balaban J connectivity index is 1.56. The van der Waals surface area contributed by atoms with E-state index in [9.17, 15) is 97.1 Å². The fourth-order valence-corrected chi connectivity index (χ4v) is 11.8. The highest BCUT2D eigenvalue weighted by Crippen LogP contribution is 2.26. The maximum atomic E-state index is 14.9. The van der Waals surface area contributed by atoms with Gasteiger partial charge in [-0.1, -0.05) is 52.7 Å². The fraction of sp³-hybridized carbons (Fsp3) is 0.651. The summed E-state index contributed by atoms with van der Waals surface area (Å²) >= 11 is 0. The molecule has 99 heavy (non-hydrogen) atoms. The molecule has 14 amide bonds. The van der Waals surface area contributed by atoms with Gasteiger partial charge in [0, 0.05) is 38.9 Å². The molecule has 14 atom stereocenters. The molecule has 0 spiro atoms. The number of carbonyl (C=O) groups excluding carboxylic acids is 14. The molecule has 0 bridgehead atoms. The SMILES string of the molecule is CC[C@H](C)[C@H](NC(=O)[C@@H]1CCCN1C(=O)[C@H](CO)NC(=O)[C@H](CCCCN)NC(=O)[C@H](Cc1ccc(O)cc1)NC(=O)[C@H]1CCCN1C(=O)[C@@H](NC(=O)[C@@H]1CCCN1C(=O)[C@H](CC(N)=O)NC(=O)[C@H](CCC(=O)O)NC(=O)[C@@H](N)CCC(N)=O)[C@@H](C)CC)C(=O)N[C@@H](CC(N)=O)C(=O)O. The second-order valence-corrected chi connectivity index (χ2v) is 25.2. The number of likely N-dealkylation sites (tertiary alicyclic amines) is 3. The normalized spacial score (nSPS) is 19.1. The zero-order valence-electron chi connectivity index (χ0n) is 56.2. The predicted molar refractivity (Wildman–Crippen MR) is 349 cm³/mol. The minimum absolute atomic E-state index is 0.00564. The van der Waals surface area contributed by atoms with Crippen LogP contribution in [0.4, 0.5) is 0 Å². The number of aromatic hydroxyl groups is 1. The van der Waals surface area contributed by atoms with E-state index in [1.807, 2.05) is 0 Å². The van der Waals surface area contributed by atoms with Crippen LogP contribution in [0.25, 0.3) is 0 Å². The molecule has 22 N–H and O–H groups in total. The Labute approximate surface area is 571 Å². The van der Waals surface area contributed by atoms with E-state index >= 15 is 0 Å². The number of phenolic OH excluding ortho intramolecular Hbond substituents is 1. The molecule has 0 saturated carbocycles. The highest BCUT2D eigenvalue weighted by atomic mass is 16.4. The summed E-state index contributed by atoms with van der Waals surface area (Å²) in [5, 5.41) is 59.9. The molecule has 3 aliphatic rings. The molecule has 0 aliphatic carbocycles. The maximum Gasteiger partial charge on any atom is 0.326 e. The Hall–Kier alpha value is -9.58. The number of primary amides is 3. The van der Waals surface area contributed by atoms with E-state index in [-0.39, 0.29) is 103 Å². The average Bonchev–Trinajstić information content (AvgIpc) is 1.75. The van der Waals surface area contributed by atoms with Crippen molar-refractivity contribution in [3.05, 3.63) is 29.8 Å². The quantitative estimate of drug-likeness (QED) is 0.0272. The highest BCUT2D eigenvalue weighted by Gasteiger charge is 2.45. The van der Waals surface area contributed by atoms with Crippen molar-refractivity contribution in [2.75, 3.05) is 32.8 Å². The Kier molecular flexibility index (Phi) is 32.8. The van der Waals surface area contributed by atoms with Crippen molar-refractivity contribution >= 4 is 94.6 Å². The number of nitrogens with two attached hydrogens (primary N) is 5. The Morgan fingerprint density at radius 3 is 1.41 bits per heavy atom. The van der Waals surface area contributed by atoms with Crippen molar-refractivity contribution in [1.29, 1.82) is 0 Å². The van der Waals surface area contributed by atoms with E-state index in [1.165, 1.54) is 29.2 Å².